The number of rotatable bonds is 4. The fourth-order valence-electron chi connectivity index (χ4n) is 2.51. The van der Waals surface area contributed by atoms with Crippen molar-refractivity contribution in [1.82, 2.24) is 14.7 Å². The van der Waals surface area contributed by atoms with Gasteiger partial charge in [-0.05, 0) is 25.0 Å². The van der Waals surface area contributed by atoms with E-state index in [0.717, 1.165) is 22.5 Å². The minimum absolute atomic E-state index is 0.00933. The lowest BCUT2D eigenvalue weighted by Crippen LogP contribution is -2.27. The van der Waals surface area contributed by atoms with Crippen LogP contribution in [-0.4, -0.2) is 27.6 Å². The van der Waals surface area contributed by atoms with Crippen molar-refractivity contribution in [3.05, 3.63) is 52.3 Å². The number of aryl methyl sites for hydroxylation is 2. The van der Waals surface area contributed by atoms with Gasteiger partial charge in [0.2, 0.25) is 0 Å². The van der Waals surface area contributed by atoms with Crippen molar-refractivity contribution >= 4 is 5.91 Å². The Hall–Kier alpha value is -2.14. The molecular weight excluding hydrogens is 264 g/mol. The van der Waals surface area contributed by atoms with E-state index < -0.39 is 0 Å². The summed E-state index contributed by atoms with van der Waals surface area (Å²) in [6.45, 7) is 4.79. The highest BCUT2D eigenvalue weighted by atomic mass is 16.2. The zero-order valence-corrected chi connectivity index (χ0v) is 13.1. The van der Waals surface area contributed by atoms with Crippen LogP contribution in [0.1, 0.15) is 32.9 Å². The highest BCUT2D eigenvalue weighted by Crippen LogP contribution is 2.17. The second-order valence-electron chi connectivity index (χ2n) is 5.30. The van der Waals surface area contributed by atoms with Gasteiger partial charge in [-0.15, -0.1) is 0 Å². The molecule has 0 radical (unpaired) electrons. The van der Waals surface area contributed by atoms with Gasteiger partial charge in [-0.25, -0.2) is 0 Å². The molecule has 0 aliphatic rings. The molecule has 0 aliphatic heterocycles. The summed E-state index contributed by atoms with van der Waals surface area (Å²) in [5.41, 5.74) is 10.2. The lowest BCUT2D eigenvalue weighted by atomic mass is 10.1. The maximum atomic E-state index is 12.6. The molecule has 0 saturated heterocycles. The first-order valence-corrected chi connectivity index (χ1v) is 6.98. The Morgan fingerprint density at radius 1 is 1.29 bits per heavy atom. The lowest BCUT2D eigenvalue weighted by molar-refractivity contribution is 0.0783. The van der Waals surface area contributed by atoms with Crippen LogP contribution in [-0.2, 0) is 20.1 Å². The number of nitrogens with zero attached hydrogens (tertiary/aromatic N) is 3. The molecule has 0 aliphatic carbocycles. The van der Waals surface area contributed by atoms with Crippen LogP contribution in [0.15, 0.2) is 24.3 Å². The zero-order valence-electron chi connectivity index (χ0n) is 13.1. The van der Waals surface area contributed by atoms with E-state index in [-0.39, 0.29) is 5.91 Å². The second-order valence-corrected chi connectivity index (χ2v) is 5.30. The first-order valence-electron chi connectivity index (χ1n) is 6.98. The first-order chi connectivity index (χ1) is 9.95. The Balaban J connectivity index is 2.24. The van der Waals surface area contributed by atoms with Crippen LogP contribution < -0.4 is 5.73 Å². The van der Waals surface area contributed by atoms with Gasteiger partial charge in [-0.2, -0.15) is 5.10 Å². The Morgan fingerprint density at radius 2 is 1.90 bits per heavy atom. The van der Waals surface area contributed by atoms with Crippen LogP contribution in [0.25, 0.3) is 0 Å². The van der Waals surface area contributed by atoms with Gasteiger partial charge in [0.1, 0.15) is 0 Å². The number of carbonyl (C=O) groups excluding carboxylic acids is 1. The fourth-order valence-corrected chi connectivity index (χ4v) is 2.51. The maximum absolute atomic E-state index is 12.6. The average Bonchev–Trinajstić information content (AvgIpc) is 2.72. The third-order valence-corrected chi connectivity index (χ3v) is 3.82. The zero-order chi connectivity index (χ0) is 15.6. The molecule has 1 aromatic heterocycles. The summed E-state index contributed by atoms with van der Waals surface area (Å²) in [6.07, 6.45) is 0. The molecule has 0 unspecified atom stereocenters. The van der Waals surface area contributed by atoms with Crippen LogP contribution in [0, 0.1) is 13.8 Å². The molecule has 1 aromatic carbocycles. The molecule has 2 N–H and O–H groups in total. The molecule has 2 rings (SSSR count). The normalized spacial score (nSPS) is 10.7. The standard InChI is InChI=1S/C16H22N4O/c1-11-15(12(2)20(4)18-11)16(21)19(3)10-14-8-6-5-7-13(14)9-17/h5-8H,9-10,17H2,1-4H3. The number of aromatic nitrogens is 2. The van der Waals surface area contributed by atoms with Crippen LogP contribution in [0.3, 0.4) is 0 Å². The minimum atomic E-state index is -0.00933. The number of benzene rings is 1. The van der Waals surface area contributed by atoms with E-state index in [4.69, 9.17) is 5.73 Å². The molecule has 0 fully saturated rings. The largest absolute Gasteiger partial charge is 0.337 e. The van der Waals surface area contributed by atoms with Crippen LogP contribution in [0.5, 0.6) is 0 Å². The Kier molecular flexibility index (Phi) is 4.43. The summed E-state index contributed by atoms with van der Waals surface area (Å²) in [6, 6.07) is 7.93. The first kappa shape index (κ1) is 15.3. The highest BCUT2D eigenvalue weighted by Gasteiger charge is 2.21. The average molecular weight is 286 g/mol. The lowest BCUT2D eigenvalue weighted by Gasteiger charge is -2.19. The summed E-state index contributed by atoms with van der Waals surface area (Å²) in [5, 5.41) is 4.30. The Morgan fingerprint density at radius 3 is 2.43 bits per heavy atom. The van der Waals surface area contributed by atoms with Crippen molar-refractivity contribution in [2.45, 2.75) is 26.9 Å². The number of carbonyl (C=O) groups is 1. The van der Waals surface area contributed by atoms with Crippen LogP contribution in [0.2, 0.25) is 0 Å². The summed E-state index contributed by atoms with van der Waals surface area (Å²) in [5.74, 6) is -0.00933. The van der Waals surface area contributed by atoms with Gasteiger partial charge in [0.25, 0.3) is 5.91 Å². The van der Waals surface area contributed by atoms with E-state index in [1.165, 1.54) is 0 Å². The molecule has 21 heavy (non-hydrogen) atoms. The van der Waals surface area contributed by atoms with Crippen molar-refractivity contribution in [2.75, 3.05) is 7.05 Å². The van der Waals surface area contributed by atoms with Gasteiger partial charge in [-0.1, -0.05) is 24.3 Å². The molecule has 0 bridgehead atoms. The van der Waals surface area contributed by atoms with Gasteiger partial charge >= 0.3 is 0 Å². The van der Waals surface area contributed by atoms with E-state index >= 15 is 0 Å². The van der Waals surface area contributed by atoms with Crippen molar-refractivity contribution < 1.29 is 4.79 Å². The molecule has 1 amide bonds. The van der Waals surface area contributed by atoms with E-state index in [0.29, 0.717) is 18.7 Å². The predicted octanol–water partition coefficient (Wildman–Crippen LogP) is 1.77. The van der Waals surface area contributed by atoms with Crippen LogP contribution >= 0.6 is 0 Å². The smallest absolute Gasteiger partial charge is 0.257 e. The fraction of sp³-hybridized carbons (Fsp3) is 0.375. The molecule has 0 atom stereocenters. The van der Waals surface area contributed by atoms with Crippen molar-refractivity contribution in [3.8, 4) is 0 Å². The van der Waals surface area contributed by atoms with Gasteiger partial charge in [0.05, 0.1) is 11.3 Å². The third-order valence-electron chi connectivity index (χ3n) is 3.82. The summed E-state index contributed by atoms with van der Waals surface area (Å²) in [4.78, 5) is 14.4. The molecule has 0 saturated carbocycles. The van der Waals surface area contributed by atoms with E-state index in [2.05, 4.69) is 5.10 Å². The molecule has 5 heteroatoms. The van der Waals surface area contributed by atoms with Gasteiger partial charge in [0, 0.05) is 32.9 Å². The quantitative estimate of drug-likeness (QED) is 0.931. The molecule has 5 nitrogen and oxygen atoms in total. The molecule has 112 valence electrons. The molecular formula is C16H22N4O. The molecule has 0 spiro atoms. The van der Waals surface area contributed by atoms with Crippen molar-refractivity contribution in [3.63, 3.8) is 0 Å². The SMILES string of the molecule is Cc1nn(C)c(C)c1C(=O)N(C)Cc1ccccc1CN. The third kappa shape index (κ3) is 2.97. The predicted molar refractivity (Wildman–Crippen MR) is 82.8 cm³/mol. The number of hydrogen-bond donors (Lipinski definition) is 1. The van der Waals surface area contributed by atoms with Crippen molar-refractivity contribution in [1.29, 1.82) is 0 Å². The summed E-state index contributed by atoms with van der Waals surface area (Å²) >= 11 is 0. The van der Waals surface area contributed by atoms with E-state index in [1.54, 1.807) is 9.58 Å². The molecule has 2 aromatic rings. The Labute approximate surface area is 125 Å². The van der Waals surface area contributed by atoms with Crippen LogP contribution in [0.4, 0.5) is 0 Å². The van der Waals surface area contributed by atoms with Gasteiger partial charge in [0.15, 0.2) is 0 Å². The summed E-state index contributed by atoms with van der Waals surface area (Å²) < 4.78 is 1.74. The minimum Gasteiger partial charge on any atom is -0.337 e. The molecule has 1 heterocycles. The summed E-state index contributed by atoms with van der Waals surface area (Å²) in [7, 11) is 3.66. The highest BCUT2D eigenvalue weighted by molar-refractivity contribution is 5.96. The number of amides is 1. The maximum Gasteiger partial charge on any atom is 0.257 e. The van der Waals surface area contributed by atoms with E-state index in [1.807, 2.05) is 52.2 Å². The van der Waals surface area contributed by atoms with Gasteiger partial charge in [-0.3, -0.25) is 9.48 Å². The monoisotopic (exact) mass is 286 g/mol. The number of nitrogens with two attached hydrogens (primary N) is 1. The topological polar surface area (TPSA) is 64.2 Å². The van der Waals surface area contributed by atoms with E-state index in [9.17, 15) is 4.79 Å². The van der Waals surface area contributed by atoms with Crippen molar-refractivity contribution in [2.24, 2.45) is 12.8 Å². The second kappa shape index (κ2) is 6.10. The Bertz CT molecular complexity index is 660. The van der Waals surface area contributed by atoms with Gasteiger partial charge < -0.3 is 10.6 Å². The number of hydrogen-bond acceptors (Lipinski definition) is 3.